The third kappa shape index (κ3) is 5.98. The molecule has 1 aliphatic carbocycles. The van der Waals surface area contributed by atoms with Crippen LogP contribution in [0.1, 0.15) is 64.4 Å². The fraction of sp³-hybridized carbons (Fsp3) is 0.536. The SMILES string of the molecule is CN(CCOCC(C)(C)S(=O)(=O)C1(CN2CCc3c(C(=O)NCc4ccc(C#N)cc4)nn(C)c3C2=O)CC1)C(=O)O. The molecule has 2 aromatic rings. The molecule has 0 unspecified atom stereocenters. The van der Waals surface area contributed by atoms with Crippen molar-refractivity contribution >= 4 is 27.7 Å². The molecule has 2 N–H and O–H groups in total. The summed E-state index contributed by atoms with van der Waals surface area (Å²) < 4.78 is 32.1. The molecule has 1 saturated carbocycles. The zero-order chi connectivity index (χ0) is 30.9. The largest absolute Gasteiger partial charge is 0.465 e. The normalized spacial score (nSPS) is 16.0. The van der Waals surface area contributed by atoms with Crippen LogP contribution in [0.5, 0.6) is 0 Å². The van der Waals surface area contributed by atoms with E-state index in [1.165, 1.54) is 16.6 Å². The lowest BCUT2D eigenvalue weighted by atomic mass is 10.0. The average Bonchev–Trinajstić information content (AvgIpc) is 3.67. The van der Waals surface area contributed by atoms with E-state index in [1.807, 2.05) is 6.07 Å². The van der Waals surface area contributed by atoms with Gasteiger partial charge in [0.15, 0.2) is 15.5 Å². The van der Waals surface area contributed by atoms with E-state index in [2.05, 4.69) is 10.4 Å². The maximum Gasteiger partial charge on any atom is 0.407 e. The molecule has 1 aromatic carbocycles. The number of carboxylic acid groups (broad SMARTS) is 1. The van der Waals surface area contributed by atoms with E-state index >= 15 is 0 Å². The van der Waals surface area contributed by atoms with Gasteiger partial charge in [-0.25, -0.2) is 13.2 Å². The third-order valence-corrected chi connectivity index (χ3v) is 11.2. The van der Waals surface area contributed by atoms with Crippen LogP contribution in [0.2, 0.25) is 0 Å². The van der Waals surface area contributed by atoms with E-state index in [0.717, 1.165) is 10.5 Å². The molecule has 0 saturated heterocycles. The second-order valence-electron chi connectivity index (χ2n) is 11.5. The van der Waals surface area contributed by atoms with Crippen molar-refractivity contribution in [3.8, 4) is 6.07 Å². The number of aromatic nitrogens is 2. The van der Waals surface area contributed by atoms with Crippen LogP contribution in [-0.4, -0.2) is 100 Å². The minimum absolute atomic E-state index is 0.0319. The van der Waals surface area contributed by atoms with Gasteiger partial charge in [0.25, 0.3) is 11.8 Å². The van der Waals surface area contributed by atoms with E-state index < -0.39 is 31.3 Å². The molecule has 14 heteroatoms. The van der Waals surface area contributed by atoms with Crippen LogP contribution in [0, 0.1) is 11.3 Å². The van der Waals surface area contributed by atoms with Crippen LogP contribution in [-0.2, 0) is 34.6 Å². The number of rotatable bonds is 12. The Balaban J connectivity index is 1.41. The molecule has 2 aliphatic rings. The fourth-order valence-electron chi connectivity index (χ4n) is 5.14. The highest BCUT2D eigenvalue weighted by Gasteiger charge is 2.61. The summed E-state index contributed by atoms with van der Waals surface area (Å²) in [6, 6.07) is 8.88. The van der Waals surface area contributed by atoms with Gasteiger partial charge in [-0.05, 0) is 50.8 Å². The van der Waals surface area contributed by atoms with E-state index in [9.17, 15) is 22.8 Å². The van der Waals surface area contributed by atoms with Gasteiger partial charge in [-0.15, -0.1) is 0 Å². The van der Waals surface area contributed by atoms with Crippen LogP contribution in [0.25, 0.3) is 0 Å². The number of nitriles is 1. The van der Waals surface area contributed by atoms with Crippen molar-refractivity contribution in [2.75, 3.05) is 39.9 Å². The van der Waals surface area contributed by atoms with Gasteiger partial charge in [-0.3, -0.25) is 14.3 Å². The van der Waals surface area contributed by atoms with Gasteiger partial charge < -0.3 is 25.0 Å². The molecule has 0 bridgehead atoms. The highest BCUT2D eigenvalue weighted by molar-refractivity contribution is 7.94. The molecular formula is C28H36N6O7S. The Morgan fingerprint density at radius 1 is 1.26 bits per heavy atom. The lowest BCUT2D eigenvalue weighted by Gasteiger charge is -2.35. The molecule has 3 amide bonds. The van der Waals surface area contributed by atoms with Gasteiger partial charge in [0, 0.05) is 45.8 Å². The maximum absolute atomic E-state index is 13.8. The lowest BCUT2D eigenvalue weighted by molar-refractivity contribution is 0.0722. The number of ether oxygens (including phenoxy) is 1. The number of fused-ring (bicyclic) bond motifs is 1. The highest BCUT2D eigenvalue weighted by atomic mass is 32.2. The van der Waals surface area contributed by atoms with Gasteiger partial charge >= 0.3 is 6.09 Å². The summed E-state index contributed by atoms with van der Waals surface area (Å²) in [6.07, 6.45) is 0.103. The van der Waals surface area contributed by atoms with Crippen LogP contribution in [0.4, 0.5) is 4.79 Å². The first kappa shape index (κ1) is 31.0. The molecule has 13 nitrogen and oxygen atoms in total. The van der Waals surface area contributed by atoms with Crippen molar-refractivity contribution in [1.82, 2.24) is 24.9 Å². The molecule has 4 rings (SSSR count). The Kier molecular flexibility index (Phi) is 8.65. The molecule has 1 fully saturated rings. The average molecular weight is 601 g/mol. The molecule has 0 atom stereocenters. The second kappa shape index (κ2) is 11.7. The number of likely N-dealkylation sites (N-methyl/N-ethyl adjacent to an activating group) is 1. The first-order valence-electron chi connectivity index (χ1n) is 13.6. The Hall–Kier alpha value is -3.96. The Morgan fingerprint density at radius 2 is 1.93 bits per heavy atom. The van der Waals surface area contributed by atoms with E-state index in [-0.39, 0.29) is 56.7 Å². The van der Waals surface area contributed by atoms with Gasteiger partial charge in [0.05, 0.1) is 34.3 Å². The number of nitrogens with zero attached hydrogens (tertiary/aromatic N) is 5. The zero-order valence-electron chi connectivity index (χ0n) is 24.2. The number of sulfone groups is 1. The number of carbonyl (C=O) groups is 3. The van der Waals surface area contributed by atoms with Gasteiger partial charge in [0.1, 0.15) is 5.69 Å². The van der Waals surface area contributed by atoms with Gasteiger partial charge in [0.2, 0.25) is 0 Å². The molecule has 42 heavy (non-hydrogen) atoms. The number of hydrogen-bond acceptors (Lipinski definition) is 8. The molecule has 226 valence electrons. The van der Waals surface area contributed by atoms with Crippen molar-refractivity contribution in [2.24, 2.45) is 7.05 Å². The van der Waals surface area contributed by atoms with Gasteiger partial charge in [-0.1, -0.05) is 12.1 Å². The number of nitrogens with one attached hydrogen (secondary N) is 1. The summed E-state index contributed by atoms with van der Waals surface area (Å²) in [5, 5.41) is 25.0. The van der Waals surface area contributed by atoms with E-state index in [0.29, 0.717) is 30.4 Å². The van der Waals surface area contributed by atoms with Crippen LogP contribution >= 0.6 is 0 Å². The summed E-state index contributed by atoms with van der Waals surface area (Å²) in [4.78, 5) is 40.1. The summed E-state index contributed by atoms with van der Waals surface area (Å²) in [6.45, 7) is 3.75. The summed E-state index contributed by atoms with van der Waals surface area (Å²) in [5.41, 5.74) is 2.29. The fourth-order valence-corrected chi connectivity index (χ4v) is 7.52. The number of benzene rings is 1. The highest BCUT2D eigenvalue weighted by Crippen LogP contribution is 2.49. The van der Waals surface area contributed by atoms with Crippen molar-refractivity contribution in [2.45, 2.75) is 49.1 Å². The Labute approximate surface area is 244 Å². The quantitative estimate of drug-likeness (QED) is 0.343. The van der Waals surface area contributed by atoms with Crippen molar-refractivity contribution < 1.29 is 32.6 Å². The monoisotopic (exact) mass is 600 g/mol. The van der Waals surface area contributed by atoms with Crippen LogP contribution in [0.3, 0.4) is 0 Å². The number of hydrogen-bond donors (Lipinski definition) is 2. The summed E-state index contributed by atoms with van der Waals surface area (Å²) >= 11 is 0. The smallest absolute Gasteiger partial charge is 0.407 e. The third-order valence-electron chi connectivity index (χ3n) is 7.95. The van der Waals surface area contributed by atoms with Crippen molar-refractivity contribution in [3.63, 3.8) is 0 Å². The molecule has 1 aromatic heterocycles. The number of carbonyl (C=O) groups excluding carboxylic acids is 2. The zero-order valence-corrected chi connectivity index (χ0v) is 25.0. The van der Waals surface area contributed by atoms with Crippen LogP contribution in [0.15, 0.2) is 24.3 Å². The molecule has 1 aliphatic heterocycles. The summed E-state index contributed by atoms with van der Waals surface area (Å²) in [5.74, 6) is -0.792. The number of aryl methyl sites for hydroxylation is 1. The van der Waals surface area contributed by atoms with Crippen LogP contribution < -0.4 is 5.32 Å². The molecule has 2 heterocycles. The predicted molar refractivity (Wildman–Crippen MR) is 152 cm³/mol. The summed E-state index contributed by atoms with van der Waals surface area (Å²) in [7, 11) is -0.761. The minimum Gasteiger partial charge on any atom is -0.465 e. The minimum atomic E-state index is -3.75. The lowest BCUT2D eigenvalue weighted by Crippen LogP contribution is -2.52. The van der Waals surface area contributed by atoms with E-state index in [1.54, 1.807) is 45.2 Å². The first-order valence-corrected chi connectivity index (χ1v) is 15.1. The molecule has 0 spiro atoms. The molecular weight excluding hydrogens is 564 g/mol. The van der Waals surface area contributed by atoms with Gasteiger partial charge in [-0.2, -0.15) is 10.4 Å². The maximum atomic E-state index is 13.8. The molecule has 0 radical (unpaired) electrons. The number of amides is 3. The standard InChI is InChI=1S/C28H36N6O7S/c1-27(2,18-41-14-13-32(3)26(37)38)42(39,40)28(10-11-28)17-34-12-9-21-22(31-33(4)23(21)25(34)36)24(35)30-16-20-7-5-19(15-29)6-8-20/h5-8H,9-14,16-18H2,1-4H3,(H,30,35)(H,37,38). The van der Waals surface area contributed by atoms with E-state index in [4.69, 9.17) is 15.1 Å². The Bertz CT molecular complexity index is 1520. The topological polar surface area (TPSA) is 175 Å². The second-order valence-corrected chi connectivity index (χ2v) is 14.4. The van der Waals surface area contributed by atoms with Crippen molar-refractivity contribution in [1.29, 1.82) is 5.26 Å². The predicted octanol–water partition coefficient (Wildman–Crippen LogP) is 1.57. The first-order chi connectivity index (χ1) is 19.7. The van der Waals surface area contributed by atoms with Crippen molar-refractivity contribution in [3.05, 3.63) is 52.3 Å². The Morgan fingerprint density at radius 3 is 2.52 bits per heavy atom.